The van der Waals surface area contributed by atoms with E-state index in [0.717, 1.165) is 25.0 Å². The number of benzene rings is 1. The summed E-state index contributed by atoms with van der Waals surface area (Å²) in [7, 11) is 0. The number of nitrogens with one attached hydrogen (secondary N) is 2. The van der Waals surface area contributed by atoms with Gasteiger partial charge in [0.1, 0.15) is 0 Å². The number of halogens is 3. The number of hydrogen-bond acceptors (Lipinski definition) is 4. The standard InChI is InChI=1S/C20H23F3N4O2/c1-4-5-6-26-19(29)17-16(24-7-8-25-17)13(3)27-18(28)14-9-12(2)10-15(11-14)20(21,22)23/h7-11,13H,4-6H2,1-3H3,(H,26,29)(H,27,28). The number of aryl methyl sites for hydroxylation is 1. The predicted molar refractivity (Wildman–Crippen MR) is 101 cm³/mol. The van der Waals surface area contributed by atoms with Crippen molar-refractivity contribution in [2.24, 2.45) is 0 Å². The third kappa shape index (κ3) is 6.00. The lowest BCUT2D eigenvalue weighted by Gasteiger charge is -2.17. The fourth-order valence-electron chi connectivity index (χ4n) is 2.73. The molecule has 9 heteroatoms. The van der Waals surface area contributed by atoms with Crippen molar-refractivity contribution >= 4 is 11.8 Å². The molecule has 1 aromatic heterocycles. The van der Waals surface area contributed by atoms with Crippen molar-refractivity contribution in [3.63, 3.8) is 0 Å². The van der Waals surface area contributed by atoms with Gasteiger partial charge in [-0.2, -0.15) is 13.2 Å². The van der Waals surface area contributed by atoms with Gasteiger partial charge in [-0.3, -0.25) is 14.6 Å². The van der Waals surface area contributed by atoms with E-state index in [0.29, 0.717) is 12.1 Å². The highest BCUT2D eigenvalue weighted by atomic mass is 19.4. The van der Waals surface area contributed by atoms with Crippen molar-refractivity contribution in [3.8, 4) is 0 Å². The largest absolute Gasteiger partial charge is 0.416 e. The molecule has 0 saturated heterocycles. The molecular weight excluding hydrogens is 385 g/mol. The highest BCUT2D eigenvalue weighted by Crippen LogP contribution is 2.30. The molecule has 2 N–H and O–H groups in total. The van der Waals surface area contributed by atoms with E-state index in [4.69, 9.17) is 0 Å². The highest BCUT2D eigenvalue weighted by Gasteiger charge is 2.31. The van der Waals surface area contributed by atoms with Gasteiger partial charge >= 0.3 is 6.18 Å². The SMILES string of the molecule is CCCCNC(=O)c1nccnc1C(C)NC(=O)c1cc(C)cc(C(F)(F)F)c1. The molecule has 0 saturated carbocycles. The summed E-state index contributed by atoms with van der Waals surface area (Å²) in [5, 5.41) is 5.32. The zero-order valence-corrected chi connectivity index (χ0v) is 16.4. The van der Waals surface area contributed by atoms with E-state index in [1.165, 1.54) is 25.4 Å². The molecule has 1 unspecified atom stereocenters. The summed E-state index contributed by atoms with van der Waals surface area (Å²) in [6.45, 7) is 5.55. The summed E-state index contributed by atoms with van der Waals surface area (Å²) in [4.78, 5) is 33.0. The number of nitrogens with zero attached hydrogens (tertiary/aromatic N) is 2. The molecule has 156 valence electrons. The van der Waals surface area contributed by atoms with Crippen molar-refractivity contribution in [2.45, 2.75) is 45.8 Å². The Morgan fingerprint density at radius 1 is 1.10 bits per heavy atom. The van der Waals surface area contributed by atoms with Crippen LogP contribution in [0.1, 0.15) is 70.4 Å². The molecule has 1 aromatic carbocycles. The van der Waals surface area contributed by atoms with Crippen LogP contribution in [-0.2, 0) is 6.18 Å². The van der Waals surface area contributed by atoms with Gasteiger partial charge in [-0.15, -0.1) is 0 Å². The summed E-state index contributed by atoms with van der Waals surface area (Å²) in [6, 6.07) is 2.40. The summed E-state index contributed by atoms with van der Waals surface area (Å²) in [6.07, 6.45) is -0.0848. The van der Waals surface area contributed by atoms with Gasteiger partial charge in [0.05, 0.1) is 17.3 Å². The van der Waals surface area contributed by atoms with Crippen LogP contribution < -0.4 is 10.6 Å². The predicted octanol–water partition coefficient (Wildman–Crippen LogP) is 3.82. The van der Waals surface area contributed by atoms with Crippen molar-refractivity contribution in [3.05, 3.63) is 58.7 Å². The van der Waals surface area contributed by atoms with E-state index in [-0.39, 0.29) is 17.0 Å². The molecule has 1 atom stereocenters. The minimum atomic E-state index is -4.55. The Kier molecular flexibility index (Phi) is 7.30. The number of carbonyl (C=O) groups excluding carboxylic acids is 2. The normalized spacial score (nSPS) is 12.3. The fraction of sp³-hybridized carbons (Fsp3) is 0.400. The Bertz CT molecular complexity index is 884. The van der Waals surface area contributed by atoms with Gasteiger partial charge in [-0.25, -0.2) is 4.98 Å². The first-order valence-electron chi connectivity index (χ1n) is 9.22. The molecule has 0 fully saturated rings. The summed E-state index contributed by atoms with van der Waals surface area (Å²) < 4.78 is 39.0. The molecule has 0 aliphatic carbocycles. The Morgan fingerprint density at radius 2 is 1.79 bits per heavy atom. The zero-order chi connectivity index (χ0) is 21.6. The topological polar surface area (TPSA) is 84.0 Å². The molecule has 0 aliphatic rings. The van der Waals surface area contributed by atoms with Crippen LogP contribution >= 0.6 is 0 Å². The molecule has 0 radical (unpaired) electrons. The van der Waals surface area contributed by atoms with Crippen LogP contribution in [-0.4, -0.2) is 28.3 Å². The van der Waals surface area contributed by atoms with Gasteiger partial charge in [-0.1, -0.05) is 13.3 Å². The lowest BCUT2D eigenvalue weighted by Crippen LogP contribution is -2.32. The Balaban J connectivity index is 2.21. The monoisotopic (exact) mass is 408 g/mol. The summed E-state index contributed by atoms with van der Waals surface area (Å²) >= 11 is 0. The molecule has 6 nitrogen and oxygen atoms in total. The third-order valence-corrected chi connectivity index (χ3v) is 4.18. The molecule has 2 aromatic rings. The first-order valence-corrected chi connectivity index (χ1v) is 9.22. The van der Waals surface area contributed by atoms with Gasteiger partial charge in [-0.05, 0) is 44.0 Å². The second kappa shape index (κ2) is 9.49. The van der Waals surface area contributed by atoms with Gasteiger partial charge < -0.3 is 10.6 Å². The van der Waals surface area contributed by atoms with Gasteiger partial charge in [0.25, 0.3) is 11.8 Å². The van der Waals surface area contributed by atoms with E-state index in [1.54, 1.807) is 6.92 Å². The smallest absolute Gasteiger partial charge is 0.351 e. The maximum Gasteiger partial charge on any atom is 0.416 e. The average Bonchev–Trinajstić information content (AvgIpc) is 2.66. The second-order valence-electron chi connectivity index (χ2n) is 6.68. The van der Waals surface area contributed by atoms with E-state index in [9.17, 15) is 22.8 Å². The molecule has 1 heterocycles. The first kappa shape index (κ1) is 22.3. The van der Waals surface area contributed by atoms with E-state index in [2.05, 4.69) is 20.6 Å². The Morgan fingerprint density at radius 3 is 2.45 bits per heavy atom. The number of aromatic nitrogens is 2. The first-order chi connectivity index (χ1) is 13.6. The lowest BCUT2D eigenvalue weighted by atomic mass is 10.0. The third-order valence-electron chi connectivity index (χ3n) is 4.18. The zero-order valence-electron chi connectivity index (χ0n) is 16.4. The fourth-order valence-corrected chi connectivity index (χ4v) is 2.73. The maximum absolute atomic E-state index is 13.0. The van der Waals surface area contributed by atoms with E-state index >= 15 is 0 Å². The maximum atomic E-state index is 13.0. The van der Waals surface area contributed by atoms with Crippen LogP contribution in [0.3, 0.4) is 0 Å². The molecular formula is C20H23F3N4O2. The number of unbranched alkanes of at least 4 members (excludes halogenated alkanes) is 1. The molecule has 0 spiro atoms. The van der Waals surface area contributed by atoms with Crippen LogP contribution in [0.25, 0.3) is 0 Å². The summed E-state index contributed by atoms with van der Waals surface area (Å²) in [5.74, 6) is -1.12. The van der Waals surface area contributed by atoms with Gasteiger partial charge in [0.2, 0.25) is 0 Å². The number of hydrogen-bond donors (Lipinski definition) is 2. The molecule has 29 heavy (non-hydrogen) atoms. The van der Waals surface area contributed by atoms with Crippen LogP contribution in [0.5, 0.6) is 0 Å². The molecule has 0 bridgehead atoms. The number of amides is 2. The van der Waals surface area contributed by atoms with Crippen molar-refractivity contribution < 1.29 is 22.8 Å². The van der Waals surface area contributed by atoms with E-state index < -0.39 is 29.6 Å². The van der Waals surface area contributed by atoms with Gasteiger partial charge in [0, 0.05) is 24.5 Å². The van der Waals surface area contributed by atoms with Crippen molar-refractivity contribution in [1.82, 2.24) is 20.6 Å². The molecule has 2 rings (SSSR count). The lowest BCUT2D eigenvalue weighted by molar-refractivity contribution is -0.137. The number of carbonyl (C=O) groups is 2. The quantitative estimate of drug-likeness (QED) is 0.682. The van der Waals surface area contributed by atoms with Crippen LogP contribution in [0, 0.1) is 6.92 Å². The molecule has 0 aliphatic heterocycles. The second-order valence-corrected chi connectivity index (χ2v) is 6.68. The molecule has 2 amide bonds. The Labute approximate surface area is 166 Å². The van der Waals surface area contributed by atoms with E-state index in [1.807, 2.05) is 6.92 Å². The number of rotatable bonds is 7. The highest BCUT2D eigenvalue weighted by molar-refractivity contribution is 5.96. The summed E-state index contributed by atoms with van der Waals surface area (Å²) in [5.41, 5.74) is -0.406. The van der Waals surface area contributed by atoms with Crippen LogP contribution in [0.2, 0.25) is 0 Å². The number of alkyl halides is 3. The average molecular weight is 408 g/mol. The van der Waals surface area contributed by atoms with Crippen molar-refractivity contribution in [1.29, 1.82) is 0 Å². The van der Waals surface area contributed by atoms with Gasteiger partial charge in [0.15, 0.2) is 5.69 Å². The van der Waals surface area contributed by atoms with Crippen LogP contribution in [0.4, 0.5) is 13.2 Å². The van der Waals surface area contributed by atoms with Crippen molar-refractivity contribution in [2.75, 3.05) is 6.54 Å². The Hall–Kier alpha value is -2.97. The minimum absolute atomic E-state index is 0.0663. The van der Waals surface area contributed by atoms with Crippen LogP contribution in [0.15, 0.2) is 30.6 Å². The minimum Gasteiger partial charge on any atom is -0.351 e.